The van der Waals surface area contributed by atoms with Gasteiger partial charge in [-0.3, -0.25) is 9.59 Å². The number of amides is 3. The topological polar surface area (TPSA) is 108 Å². The van der Waals surface area contributed by atoms with Gasteiger partial charge in [-0.2, -0.15) is 0 Å². The van der Waals surface area contributed by atoms with E-state index in [4.69, 9.17) is 9.84 Å². The molecular formula is C13H23N3O5. The first kappa shape index (κ1) is 17.2. The van der Waals surface area contributed by atoms with E-state index in [2.05, 4.69) is 10.6 Å². The molecule has 0 aromatic heterocycles. The van der Waals surface area contributed by atoms with Crippen LogP contribution in [0.5, 0.6) is 0 Å². The zero-order chi connectivity index (χ0) is 16.0. The van der Waals surface area contributed by atoms with E-state index >= 15 is 0 Å². The molecule has 1 fully saturated rings. The molecule has 1 rings (SSSR count). The molecule has 3 N–H and O–H groups in total. The van der Waals surface area contributed by atoms with Crippen molar-refractivity contribution in [1.29, 1.82) is 0 Å². The first-order chi connectivity index (χ1) is 9.86. The molecule has 0 spiro atoms. The average Bonchev–Trinajstić information content (AvgIpc) is 2.85. The molecule has 1 aliphatic rings. The minimum Gasteiger partial charge on any atom is -0.481 e. The highest BCUT2D eigenvalue weighted by Crippen LogP contribution is 2.20. The number of carbonyl (C=O) groups excluding carboxylic acids is 2. The SMILES string of the molecule is CCN(C(=O)NCC(=O)NC(C)C)C1COCC1C(=O)O. The van der Waals surface area contributed by atoms with E-state index in [1.165, 1.54) is 4.90 Å². The Balaban J connectivity index is 2.57. The number of carboxylic acids is 1. The Hall–Kier alpha value is -1.83. The number of hydrogen-bond acceptors (Lipinski definition) is 4. The fourth-order valence-corrected chi connectivity index (χ4v) is 2.25. The highest BCUT2D eigenvalue weighted by atomic mass is 16.5. The molecule has 0 saturated carbocycles. The van der Waals surface area contributed by atoms with Gasteiger partial charge in [0.25, 0.3) is 0 Å². The Kier molecular flexibility index (Phi) is 6.41. The molecule has 2 unspecified atom stereocenters. The van der Waals surface area contributed by atoms with E-state index in [1.54, 1.807) is 6.92 Å². The van der Waals surface area contributed by atoms with Crippen molar-refractivity contribution in [2.45, 2.75) is 32.9 Å². The normalized spacial score (nSPS) is 21.1. The van der Waals surface area contributed by atoms with Gasteiger partial charge in [0.15, 0.2) is 0 Å². The summed E-state index contributed by atoms with van der Waals surface area (Å²) in [6.45, 7) is 5.89. The highest BCUT2D eigenvalue weighted by molar-refractivity contribution is 5.84. The summed E-state index contributed by atoms with van der Waals surface area (Å²) in [7, 11) is 0. The number of carbonyl (C=O) groups is 3. The van der Waals surface area contributed by atoms with Gasteiger partial charge in [-0.1, -0.05) is 0 Å². The molecular weight excluding hydrogens is 278 g/mol. The van der Waals surface area contributed by atoms with E-state index in [0.29, 0.717) is 6.54 Å². The number of hydrogen-bond donors (Lipinski definition) is 3. The molecule has 1 heterocycles. The summed E-state index contributed by atoms with van der Waals surface area (Å²) >= 11 is 0. The molecule has 3 amide bonds. The number of nitrogens with zero attached hydrogens (tertiary/aromatic N) is 1. The monoisotopic (exact) mass is 301 g/mol. The number of urea groups is 1. The average molecular weight is 301 g/mol. The first-order valence-electron chi connectivity index (χ1n) is 7.01. The van der Waals surface area contributed by atoms with Crippen LogP contribution in [-0.4, -0.2) is 66.3 Å². The third-order valence-electron chi connectivity index (χ3n) is 3.22. The van der Waals surface area contributed by atoms with Gasteiger partial charge in [0.05, 0.1) is 25.8 Å². The standard InChI is InChI=1S/C13H23N3O5/c1-4-16(10-7-21-6-9(10)12(18)19)13(20)14-5-11(17)15-8(2)3/h8-10H,4-7H2,1-3H3,(H,14,20)(H,15,17)(H,18,19). The summed E-state index contributed by atoms with van der Waals surface area (Å²) in [4.78, 5) is 36.1. The summed E-state index contributed by atoms with van der Waals surface area (Å²) in [6, 6.07) is -0.977. The highest BCUT2D eigenvalue weighted by Gasteiger charge is 2.39. The molecule has 0 aromatic rings. The zero-order valence-electron chi connectivity index (χ0n) is 12.6. The smallest absolute Gasteiger partial charge is 0.318 e. The maximum Gasteiger partial charge on any atom is 0.318 e. The molecule has 8 nitrogen and oxygen atoms in total. The minimum atomic E-state index is -0.985. The number of rotatable bonds is 6. The molecule has 2 atom stereocenters. The van der Waals surface area contributed by atoms with Gasteiger partial charge in [-0.25, -0.2) is 4.79 Å². The van der Waals surface area contributed by atoms with Crippen LogP contribution in [0.4, 0.5) is 4.79 Å². The number of ether oxygens (including phenoxy) is 1. The summed E-state index contributed by atoms with van der Waals surface area (Å²) < 4.78 is 5.16. The molecule has 120 valence electrons. The van der Waals surface area contributed by atoms with Crippen molar-refractivity contribution in [1.82, 2.24) is 15.5 Å². The Bertz CT molecular complexity index is 399. The van der Waals surface area contributed by atoms with Crippen molar-refractivity contribution < 1.29 is 24.2 Å². The lowest BCUT2D eigenvalue weighted by atomic mass is 10.0. The molecule has 0 bridgehead atoms. The third-order valence-corrected chi connectivity index (χ3v) is 3.22. The lowest BCUT2D eigenvalue weighted by Gasteiger charge is -2.29. The summed E-state index contributed by atoms with van der Waals surface area (Å²) in [6.07, 6.45) is 0. The van der Waals surface area contributed by atoms with E-state index < -0.39 is 24.0 Å². The fraction of sp³-hybridized carbons (Fsp3) is 0.769. The van der Waals surface area contributed by atoms with Gasteiger partial charge in [0.2, 0.25) is 5.91 Å². The Morgan fingerprint density at radius 3 is 2.52 bits per heavy atom. The predicted octanol–water partition coefficient (Wildman–Crippen LogP) is -0.358. The van der Waals surface area contributed by atoms with Crippen molar-refractivity contribution in [3.8, 4) is 0 Å². The van der Waals surface area contributed by atoms with Crippen LogP contribution in [-0.2, 0) is 14.3 Å². The molecule has 8 heteroatoms. The molecule has 1 saturated heterocycles. The van der Waals surface area contributed by atoms with Crippen LogP contribution in [0, 0.1) is 5.92 Å². The van der Waals surface area contributed by atoms with Crippen molar-refractivity contribution in [3.63, 3.8) is 0 Å². The molecule has 21 heavy (non-hydrogen) atoms. The lowest BCUT2D eigenvalue weighted by Crippen LogP contribution is -2.52. The second-order valence-corrected chi connectivity index (χ2v) is 5.22. The van der Waals surface area contributed by atoms with Gasteiger partial charge in [0.1, 0.15) is 5.92 Å². The van der Waals surface area contributed by atoms with Gasteiger partial charge in [0, 0.05) is 12.6 Å². The van der Waals surface area contributed by atoms with Crippen LogP contribution in [0.25, 0.3) is 0 Å². The van der Waals surface area contributed by atoms with Crippen LogP contribution >= 0.6 is 0 Å². The maximum atomic E-state index is 12.1. The molecule has 0 aromatic carbocycles. The second-order valence-electron chi connectivity index (χ2n) is 5.22. The van der Waals surface area contributed by atoms with Crippen LogP contribution < -0.4 is 10.6 Å². The van der Waals surface area contributed by atoms with E-state index in [9.17, 15) is 14.4 Å². The summed E-state index contributed by atoms with van der Waals surface area (Å²) in [5, 5.41) is 14.3. The van der Waals surface area contributed by atoms with Gasteiger partial charge in [-0.05, 0) is 20.8 Å². The van der Waals surface area contributed by atoms with E-state index in [-0.39, 0.29) is 31.7 Å². The molecule has 1 aliphatic heterocycles. The van der Waals surface area contributed by atoms with Crippen molar-refractivity contribution in [2.24, 2.45) is 5.92 Å². The Morgan fingerprint density at radius 2 is 2.00 bits per heavy atom. The van der Waals surface area contributed by atoms with E-state index in [0.717, 1.165) is 0 Å². The summed E-state index contributed by atoms with van der Waals surface area (Å²) in [5.41, 5.74) is 0. The first-order valence-corrected chi connectivity index (χ1v) is 7.01. The van der Waals surface area contributed by atoms with Gasteiger partial charge in [-0.15, -0.1) is 0 Å². The van der Waals surface area contributed by atoms with Gasteiger partial charge >= 0.3 is 12.0 Å². The minimum absolute atomic E-state index is 0.00342. The second kappa shape index (κ2) is 7.82. The molecule has 0 radical (unpaired) electrons. The van der Waals surface area contributed by atoms with Crippen LogP contribution in [0.15, 0.2) is 0 Å². The number of aliphatic carboxylic acids is 1. The van der Waals surface area contributed by atoms with Crippen LogP contribution in [0.1, 0.15) is 20.8 Å². The Morgan fingerprint density at radius 1 is 1.33 bits per heavy atom. The van der Waals surface area contributed by atoms with Crippen molar-refractivity contribution in [3.05, 3.63) is 0 Å². The molecule has 0 aliphatic carbocycles. The number of carboxylic acid groups (broad SMARTS) is 1. The lowest BCUT2D eigenvalue weighted by molar-refractivity contribution is -0.142. The van der Waals surface area contributed by atoms with Crippen molar-refractivity contribution >= 4 is 17.9 Å². The number of likely N-dealkylation sites (N-methyl/N-ethyl adjacent to an activating group) is 1. The van der Waals surface area contributed by atoms with Crippen LogP contribution in [0.2, 0.25) is 0 Å². The zero-order valence-corrected chi connectivity index (χ0v) is 12.6. The van der Waals surface area contributed by atoms with Crippen molar-refractivity contribution in [2.75, 3.05) is 26.3 Å². The van der Waals surface area contributed by atoms with E-state index in [1.807, 2.05) is 13.8 Å². The van der Waals surface area contributed by atoms with Gasteiger partial charge < -0.3 is 25.4 Å². The largest absolute Gasteiger partial charge is 0.481 e. The third kappa shape index (κ3) is 4.89. The maximum absolute atomic E-state index is 12.1. The fourth-order valence-electron chi connectivity index (χ4n) is 2.25. The predicted molar refractivity (Wildman–Crippen MR) is 74.8 cm³/mol. The number of nitrogens with one attached hydrogen (secondary N) is 2. The summed E-state index contributed by atoms with van der Waals surface area (Å²) in [5.74, 6) is -2.01. The van der Waals surface area contributed by atoms with Crippen LogP contribution in [0.3, 0.4) is 0 Å². The quantitative estimate of drug-likeness (QED) is 0.621. The Labute approximate surface area is 123 Å².